The molecule has 0 saturated carbocycles. The molecule has 9 heteroatoms. The Morgan fingerprint density at radius 2 is 1.76 bits per heavy atom. The number of thiophene rings is 1. The van der Waals surface area contributed by atoms with Crippen LogP contribution >= 0.6 is 34.7 Å². The summed E-state index contributed by atoms with van der Waals surface area (Å²) in [5.74, 6) is 1.22. The number of aromatic nitrogens is 2. The molecule has 3 heterocycles. The van der Waals surface area contributed by atoms with Crippen LogP contribution in [-0.2, 0) is 0 Å². The van der Waals surface area contributed by atoms with Gasteiger partial charge in [0.15, 0.2) is 22.4 Å². The maximum absolute atomic E-state index is 13.9. The van der Waals surface area contributed by atoms with E-state index in [-0.39, 0.29) is 17.1 Å². The summed E-state index contributed by atoms with van der Waals surface area (Å²) in [7, 11) is 0. The van der Waals surface area contributed by atoms with Crippen LogP contribution in [0.1, 0.15) is 10.4 Å². The quantitative estimate of drug-likeness (QED) is 0.137. The van der Waals surface area contributed by atoms with Gasteiger partial charge >= 0.3 is 0 Å². The summed E-state index contributed by atoms with van der Waals surface area (Å²) in [5.41, 5.74) is 2.72. The van der Waals surface area contributed by atoms with E-state index >= 15 is 0 Å². The molecule has 1 aliphatic rings. The standard InChI is InChI=1S/C28H19ClN2O4S2/c29-19-9-6-17(7-10-19)21-15-36-26-25(21)27(33)31(20-4-2-1-3-5-20)28(30-26)37-16-22(32)18-8-11-23-24(14-18)35-13-12-34-23/h1-11,14-15H,12-13,16H2. The first kappa shape index (κ1) is 23.8. The van der Waals surface area contributed by atoms with E-state index in [1.807, 2.05) is 47.8 Å². The Morgan fingerprint density at radius 1 is 1.00 bits per heavy atom. The van der Waals surface area contributed by atoms with Gasteiger partial charge in [-0.05, 0) is 48.0 Å². The highest BCUT2D eigenvalue weighted by Gasteiger charge is 2.20. The van der Waals surface area contributed by atoms with Crippen molar-refractivity contribution in [2.75, 3.05) is 19.0 Å². The van der Waals surface area contributed by atoms with Crippen LogP contribution in [0.15, 0.2) is 88.1 Å². The number of Topliss-reactive ketones (excluding diaryl/α,β-unsaturated/α-hetero) is 1. The Morgan fingerprint density at radius 3 is 2.54 bits per heavy atom. The van der Waals surface area contributed by atoms with E-state index < -0.39 is 0 Å². The van der Waals surface area contributed by atoms with E-state index in [0.717, 1.165) is 11.1 Å². The van der Waals surface area contributed by atoms with Crippen molar-refractivity contribution in [3.63, 3.8) is 0 Å². The largest absolute Gasteiger partial charge is 0.486 e. The zero-order valence-corrected chi connectivity index (χ0v) is 21.7. The average Bonchev–Trinajstić information content (AvgIpc) is 3.36. The van der Waals surface area contributed by atoms with Gasteiger partial charge in [0.2, 0.25) is 0 Å². The maximum atomic E-state index is 13.9. The van der Waals surface area contributed by atoms with Crippen molar-refractivity contribution < 1.29 is 14.3 Å². The van der Waals surface area contributed by atoms with Gasteiger partial charge in [-0.25, -0.2) is 4.98 Å². The predicted octanol–water partition coefficient (Wildman–Crippen LogP) is 6.51. The highest BCUT2D eigenvalue weighted by atomic mass is 35.5. The molecule has 6 rings (SSSR count). The van der Waals surface area contributed by atoms with Crippen LogP contribution < -0.4 is 15.0 Å². The fourth-order valence-corrected chi connectivity index (χ4v) is 6.17. The minimum Gasteiger partial charge on any atom is -0.486 e. The topological polar surface area (TPSA) is 70.4 Å². The number of fused-ring (bicyclic) bond motifs is 2. The number of carbonyl (C=O) groups is 1. The van der Waals surface area contributed by atoms with Crippen molar-refractivity contribution in [1.82, 2.24) is 9.55 Å². The second kappa shape index (κ2) is 10.0. The smallest absolute Gasteiger partial charge is 0.268 e. The van der Waals surface area contributed by atoms with Gasteiger partial charge in [0.1, 0.15) is 18.0 Å². The molecule has 5 aromatic rings. The van der Waals surface area contributed by atoms with Crippen molar-refractivity contribution in [2.24, 2.45) is 0 Å². The molecule has 0 saturated heterocycles. The molecule has 0 aliphatic carbocycles. The first-order valence-electron chi connectivity index (χ1n) is 11.5. The number of rotatable bonds is 6. The number of nitrogens with zero attached hydrogens (tertiary/aromatic N) is 2. The van der Waals surface area contributed by atoms with Crippen LogP contribution in [0.3, 0.4) is 0 Å². The molecule has 1 aliphatic heterocycles. The van der Waals surface area contributed by atoms with E-state index in [1.54, 1.807) is 34.9 Å². The lowest BCUT2D eigenvalue weighted by Crippen LogP contribution is -2.22. The van der Waals surface area contributed by atoms with Gasteiger partial charge in [-0.3, -0.25) is 14.2 Å². The predicted molar refractivity (Wildman–Crippen MR) is 148 cm³/mol. The minimum absolute atomic E-state index is 0.0936. The molecular formula is C28H19ClN2O4S2. The van der Waals surface area contributed by atoms with Crippen LogP contribution in [0.5, 0.6) is 11.5 Å². The number of thioether (sulfide) groups is 1. The van der Waals surface area contributed by atoms with Gasteiger partial charge in [0.05, 0.1) is 16.8 Å². The Bertz CT molecular complexity index is 1680. The fraction of sp³-hybridized carbons (Fsp3) is 0.107. The Balaban J connectivity index is 1.39. The molecule has 0 N–H and O–H groups in total. The van der Waals surface area contributed by atoms with E-state index in [2.05, 4.69) is 0 Å². The lowest BCUT2D eigenvalue weighted by Gasteiger charge is -2.18. The van der Waals surface area contributed by atoms with Crippen molar-refractivity contribution in [2.45, 2.75) is 5.16 Å². The highest BCUT2D eigenvalue weighted by molar-refractivity contribution is 7.99. The molecule has 0 bridgehead atoms. The summed E-state index contributed by atoms with van der Waals surface area (Å²) in [6.07, 6.45) is 0. The molecule has 0 radical (unpaired) electrons. The Labute approximate surface area is 225 Å². The SMILES string of the molecule is O=C(CSc1nc2scc(-c3ccc(Cl)cc3)c2c(=O)n1-c1ccccc1)c1ccc2c(c1)OCCO2. The average molecular weight is 547 g/mol. The first-order chi connectivity index (χ1) is 18.1. The number of ether oxygens (including phenoxy) is 2. The maximum Gasteiger partial charge on any atom is 0.268 e. The zero-order chi connectivity index (χ0) is 25.4. The van der Waals surface area contributed by atoms with Crippen molar-refractivity contribution in [3.05, 3.63) is 99.1 Å². The summed E-state index contributed by atoms with van der Waals surface area (Å²) in [5, 5.41) is 3.56. The van der Waals surface area contributed by atoms with Crippen LogP contribution in [-0.4, -0.2) is 34.3 Å². The number of hydrogen-bond donors (Lipinski definition) is 0. The van der Waals surface area contributed by atoms with Gasteiger partial charge in [0, 0.05) is 21.5 Å². The molecule has 2 aromatic heterocycles. The zero-order valence-electron chi connectivity index (χ0n) is 19.3. The number of carbonyl (C=O) groups excluding carboxylic acids is 1. The monoisotopic (exact) mass is 546 g/mol. The number of para-hydroxylation sites is 1. The molecule has 3 aromatic carbocycles. The van der Waals surface area contributed by atoms with Crippen LogP contribution in [0.4, 0.5) is 0 Å². The fourth-order valence-electron chi connectivity index (χ4n) is 4.15. The minimum atomic E-state index is -0.184. The van der Waals surface area contributed by atoms with Crippen molar-refractivity contribution in [1.29, 1.82) is 0 Å². The molecule has 6 nitrogen and oxygen atoms in total. The van der Waals surface area contributed by atoms with E-state index in [4.69, 9.17) is 26.1 Å². The summed E-state index contributed by atoms with van der Waals surface area (Å²) in [6, 6.07) is 21.9. The second-order valence-electron chi connectivity index (χ2n) is 8.28. The van der Waals surface area contributed by atoms with E-state index in [9.17, 15) is 9.59 Å². The normalized spacial score (nSPS) is 12.6. The second-order valence-corrected chi connectivity index (χ2v) is 10.5. The highest BCUT2D eigenvalue weighted by Crippen LogP contribution is 2.34. The third-order valence-corrected chi connectivity index (χ3v) is 8.01. The molecule has 0 unspecified atom stereocenters. The third-order valence-electron chi connectivity index (χ3n) is 5.94. The molecule has 0 spiro atoms. The molecule has 0 fully saturated rings. The van der Waals surface area contributed by atoms with Gasteiger partial charge in [-0.1, -0.05) is 53.7 Å². The number of ketones is 1. The first-order valence-corrected chi connectivity index (χ1v) is 13.7. The van der Waals surface area contributed by atoms with Crippen molar-refractivity contribution >= 4 is 50.7 Å². The number of benzene rings is 3. The molecular weight excluding hydrogens is 528 g/mol. The summed E-state index contributed by atoms with van der Waals surface area (Å²) < 4.78 is 12.7. The van der Waals surface area contributed by atoms with Gasteiger partial charge < -0.3 is 9.47 Å². The lowest BCUT2D eigenvalue weighted by atomic mass is 10.1. The lowest BCUT2D eigenvalue weighted by molar-refractivity contribution is 0.102. The van der Waals surface area contributed by atoms with Gasteiger partial charge in [-0.2, -0.15) is 0 Å². The van der Waals surface area contributed by atoms with Crippen LogP contribution in [0.25, 0.3) is 27.0 Å². The summed E-state index contributed by atoms with van der Waals surface area (Å²) in [4.78, 5) is 32.5. The van der Waals surface area contributed by atoms with Crippen molar-refractivity contribution in [3.8, 4) is 28.3 Å². The molecule has 184 valence electrons. The summed E-state index contributed by atoms with van der Waals surface area (Å²) in [6.45, 7) is 0.940. The summed E-state index contributed by atoms with van der Waals surface area (Å²) >= 11 is 8.71. The molecule has 0 amide bonds. The molecule has 0 atom stereocenters. The third kappa shape index (κ3) is 4.64. The Kier molecular flexibility index (Phi) is 6.46. The van der Waals surface area contributed by atoms with Gasteiger partial charge in [0.25, 0.3) is 5.56 Å². The molecule has 37 heavy (non-hydrogen) atoms. The number of halogens is 1. The van der Waals surface area contributed by atoms with Crippen LogP contribution in [0.2, 0.25) is 5.02 Å². The van der Waals surface area contributed by atoms with Gasteiger partial charge in [-0.15, -0.1) is 11.3 Å². The van der Waals surface area contributed by atoms with E-state index in [1.165, 1.54) is 23.1 Å². The number of hydrogen-bond acceptors (Lipinski definition) is 7. The van der Waals surface area contributed by atoms with E-state index in [0.29, 0.717) is 56.4 Å². The van der Waals surface area contributed by atoms with Crippen LogP contribution in [0, 0.1) is 0 Å². The Hall–Kier alpha value is -3.59.